The molecule has 1 fully saturated rings. The molecule has 2 aromatic heterocycles. The number of rotatable bonds is 3. The van der Waals surface area contributed by atoms with Crippen molar-refractivity contribution in [3.63, 3.8) is 0 Å². The molecular formula is C16H20F3N5O. The largest absolute Gasteiger partial charge is 0.408 e. The SMILES string of the molecule is Cc1nn(CC(F)(F)F)c(C)c1-c1cnc(N2CCC(O)CC2)nc1. The standard InChI is InChI=1S/C16H20F3N5O/c1-10-14(11(2)24(22-10)9-16(17,18)19)12-7-20-15(21-8-12)23-5-3-13(25)4-6-23/h7-8,13,25H,3-6,9H2,1-2H3. The average molecular weight is 355 g/mol. The van der Waals surface area contributed by atoms with Crippen LogP contribution in [0, 0.1) is 13.8 Å². The number of hydrogen-bond acceptors (Lipinski definition) is 5. The molecule has 0 aliphatic carbocycles. The van der Waals surface area contributed by atoms with E-state index in [1.165, 1.54) is 0 Å². The fourth-order valence-corrected chi connectivity index (χ4v) is 3.12. The quantitative estimate of drug-likeness (QED) is 0.916. The number of nitrogens with zero attached hydrogens (tertiary/aromatic N) is 5. The molecule has 1 saturated heterocycles. The zero-order chi connectivity index (χ0) is 18.2. The van der Waals surface area contributed by atoms with Gasteiger partial charge in [-0.3, -0.25) is 4.68 Å². The van der Waals surface area contributed by atoms with Crippen molar-refractivity contribution < 1.29 is 18.3 Å². The monoisotopic (exact) mass is 355 g/mol. The predicted octanol–water partition coefficient (Wildman–Crippen LogP) is 2.48. The molecular weight excluding hydrogens is 335 g/mol. The Bertz CT molecular complexity index is 733. The minimum Gasteiger partial charge on any atom is -0.393 e. The molecule has 0 bridgehead atoms. The minimum atomic E-state index is -4.32. The molecule has 0 radical (unpaired) electrons. The molecule has 2 aromatic rings. The van der Waals surface area contributed by atoms with Gasteiger partial charge in [-0.1, -0.05) is 0 Å². The maximum Gasteiger partial charge on any atom is 0.408 e. The topological polar surface area (TPSA) is 67.1 Å². The van der Waals surface area contributed by atoms with Gasteiger partial charge in [0.25, 0.3) is 0 Å². The number of piperidine rings is 1. The molecule has 136 valence electrons. The van der Waals surface area contributed by atoms with Crippen molar-refractivity contribution in [1.29, 1.82) is 0 Å². The average Bonchev–Trinajstić information content (AvgIpc) is 2.81. The minimum absolute atomic E-state index is 0.278. The molecule has 0 atom stereocenters. The van der Waals surface area contributed by atoms with Gasteiger partial charge in [-0.15, -0.1) is 0 Å². The molecule has 0 spiro atoms. The van der Waals surface area contributed by atoms with Gasteiger partial charge >= 0.3 is 6.18 Å². The summed E-state index contributed by atoms with van der Waals surface area (Å²) in [5.74, 6) is 0.564. The van der Waals surface area contributed by atoms with Gasteiger partial charge in [0.15, 0.2) is 0 Å². The van der Waals surface area contributed by atoms with E-state index < -0.39 is 12.7 Å². The maximum absolute atomic E-state index is 12.6. The summed E-state index contributed by atoms with van der Waals surface area (Å²) in [5.41, 5.74) is 2.22. The van der Waals surface area contributed by atoms with Crippen molar-refractivity contribution >= 4 is 5.95 Å². The van der Waals surface area contributed by atoms with E-state index in [-0.39, 0.29) is 6.10 Å². The van der Waals surface area contributed by atoms with Crippen LogP contribution >= 0.6 is 0 Å². The van der Waals surface area contributed by atoms with Crippen LogP contribution in [0.15, 0.2) is 12.4 Å². The molecule has 9 heteroatoms. The van der Waals surface area contributed by atoms with E-state index in [9.17, 15) is 18.3 Å². The Labute approximate surface area is 143 Å². The van der Waals surface area contributed by atoms with Crippen LogP contribution < -0.4 is 4.90 Å². The number of aliphatic hydroxyl groups excluding tert-OH is 1. The second-order valence-electron chi connectivity index (χ2n) is 6.31. The molecule has 0 amide bonds. The fourth-order valence-electron chi connectivity index (χ4n) is 3.12. The Hall–Kier alpha value is -2.16. The molecule has 0 aromatic carbocycles. The third-order valence-electron chi connectivity index (χ3n) is 4.38. The first-order valence-electron chi connectivity index (χ1n) is 8.11. The number of aryl methyl sites for hydroxylation is 1. The van der Waals surface area contributed by atoms with Crippen LogP contribution in [0.5, 0.6) is 0 Å². The van der Waals surface area contributed by atoms with E-state index in [2.05, 4.69) is 15.1 Å². The van der Waals surface area contributed by atoms with E-state index in [0.29, 0.717) is 54.4 Å². The van der Waals surface area contributed by atoms with E-state index in [0.717, 1.165) is 4.68 Å². The second-order valence-corrected chi connectivity index (χ2v) is 6.31. The van der Waals surface area contributed by atoms with Gasteiger partial charge in [0.05, 0.1) is 11.8 Å². The summed E-state index contributed by atoms with van der Waals surface area (Å²) in [6, 6.07) is 0. The van der Waals surface area contributed by atoms with Crippen LogP contribution in [0.1, 0.15) is 24.2 Å². The molecule has 3 rings (SSSR count). The lowest BCUT2D eigenvalue weighted by molar-refractivity contribution is -0.142. The molecule has 1 aliphatic rings. The summed E-state index contributed by atoms with van der Waals surface area (Å²) in [6.45, 7) is 3.54. The van der Waals surface area contributed by atoms with E-state index in [4.69, 9.17) is 0 Å². The third kappa shape index (κ3) is 3.92. The van der Waals surface area contributed by atoms with Gasteiger partial charge in [-0.25, -0.2) is 9.97 Å². The van der Waals surface area contributed by atoms with Crippen molar-refractivity contribution in [1.82, 2.24) is 19.7 Å². The molecule has 3 heterocycles. The van der Waals surface area contributed by atoms with Crippen molar-refractivity contribution in [2.45, 2.75) is 45.5 Å². The van der Waals surface area contributed by atoms with Gasteiger partial charge in [0.1, 0.15) is 6.54 Å². The number of anilines is 1. The number of alkyl halides is 3. The van der Waals surface area contributed by atoms with E-state index in [1.54, 1.807) is 26.2 Å². The highest BCUT2D eigenvalue weighted by atomic mass is 19.4. The fraction of sp³-hybridized carbons (Fsp3) is 0.562. The molecule has 1 N–H and O–H groups in total. The predicted molar refractivity (Wildman–Crippen MR) is 86.2 cm³/mol. The summed E-state index contributed by atoms with van der Waals surface area (Å²) in [7, 11) is 0. The third-order valence-corrected chi connectivity index (χ3v) is 4.38. The highest BCUT2D eigenvalue weighted by Gasteiger charge is 2.30. The van der Waals surface area contributed by atoms with Gasteiger partial charge in [0, 0.05) is 42.3 Å². The lowest BCUT2D eigenvalue weighted by Gasteiger charge is -2.29. The Kier molecular flexibility index (Phi) is 4.68. The lowest BCUT2D eigenvalue weighted by atomic mass is 10.1. The van der Waals surface area contributed by atoms with Gasteiger partial charge in [-0.2, -0.15) is 18.3 Å². The summed E-state index contributed by atoms with van der Waals surface area (Å²) < 4.78 is 38.9. The highest BCUT2D eigenvalue weighted by Crippen LogP contribution is 2.29. The van der Waals surface area contributed by atoms with Crippen molar-refractivity contribution in [3.8, 4) is 11.1 Å². The van der Waals surface area contributed by atoms with Crippen molar-refractivity contribution in [2.75, 3.05) is 18.0 Å². The Morgan fingerprint density at radius 3 is 2.32 bits per heavy atom. The normalized spacial score (nSPS) is 16.5. The lowest BCUT2D eigenvalue weighted by Crippen LogP contribution is -2.36. The number of hydrogen-bond donors (Lipinski definition) is 1. The molecule has 0 saturated carbocycles. The number of aliphatic hydroxyl groups is 1. The molecule has 6 nitrogen and oxygen atoms in total. The summed E-state index contributed by atoms with van der Waals surface area (Å²) in [5, 5.41) is 13.5. The van der Waals surface area contributed by atoms with Gasteiger partial charge < -0.3 is 10.0 Å². The van der Waals surface area contributed by atoms with Crippen LogP contribution in [0.3, 0.4) is 0 Å². The van der Waals surface area contributed by atoms with Crippen LogP contribution in [0.2, 0.25) is 0 Å². The molecule has 1 aliphatic heterocycles. The Morgan fingerprint density at radius 1 is 1.16 bits per heavy atom. The van der Waals surface area contributed by atoms with Crippen molar-refractivity contribution in [3.05, 3.63) is 23.8 Å². The van der Waals surface area contributed by atoms with Crippen LogP contribution in [0.25, 0.3) is 11.1 Å². The summed E-state index contributed by atoms with van der Waals surface area (Å²) in [4.78, 5) is 10.7. The van der Waals surface area contributed by atoms with Crippen LogP contribution in [-0.2, 0) is 6.54 Å². The first-order valence-corrected chi connectivity index (χ1v) is 8.11. The zero-order valence-corrected chi connectivity index (χ0v) is 14.1. The Balaban J connectivity index is 1.83. The number of aromatic nitrogens is 4. The zero-order valence-electron chi connectivity index (χ0n) is 14.1. The van der Waals surface area contributed by atoms with Gasteiger partial charge in [0.2, 0.25) is 5.95 Å². The Morgan fingerprint density at radius 2 is 1.76 bits per heavy atom. The summed E-state index contributed by atoms with van der Waals surface area (Å²) in [6.07, 6.45) is -0.0222. The second kappa shape index (κ2) is 6.62. The van der Waals surface area contributed by atoms with Crippen LogP contribution in [0.4, 0.5) is 19.1 Å². The first-order chi connectivity index (χ1) is 11.7. The number of halogens is 3. The molecule has 25 heavy (non-hydrogen) atoms. The van der Waals surface area contributed by atoms with Gasteiger partial charge in [-0.05, 0) is 26.7 Å². The van der Waals surface area contributed by atoms with Crippen molar-refractivity contribution in [2.24, 2.45) is 0 Å². The summed E-state index contributed by atoms with van der Waals surface area (Å²) >= 11 is 0. The smallest absolute Gasteiger partial charge is 0.393 e. The van der Waals surface area contributed by atoms with E-state index >= 15 is 0 Å². The van der Waals surface area contributed by atoms with Crippen LogP contribution in [-0.4, -0.2) is 50.2 Å². The maximum atomic E-state index is 12.6. The first kappa shape index (κ1) is 17.7. The molecule has 0 unspecified atom stereocenters. The van der Waals surface area contributed by atoms with E-state index in [1.807, 2.05) is 4.90 Å². The highest BCUT2D eigenvalue weighted by molar-refractivity contribution is 5.67.